The maximum Gasteiger partial charge on any atom is 0.264 e. The van der Waals surface area contributed by atoms with Crippen LogP contribution < -0.4 is 10.1 Å². The van der Waals surface area contributed by atoms with E-state index in [2.05, 4.69) is 15.4 Å². The number of hydrogen-bond acceptors (Lipinski definition) is 6. The molecular formula is C13H11ClN4O2S2. The predicted octanol–water partition coefficient (Wildman–Crippen LogP) is 3.52. The lowest BCUT2D eigenvalue weighted by molar-refractivity contribution is 0.102. The van der Waals surface area contributed by atoms with Gasteiger partial charge in [0.25, 0.3) is 5.91 Å². The molecule has 0 unspecified atom stereocenters. The number of aryl methyl sites for hydroxylation is 1. The molecule has 0 radical (unpaired) electrons. The Bertz CT molecular complexity index is 824. The van der Waals surface area contributed by atoms with Crippen LogP contribution in [0.2, 0.25) is 4.34 Å². The first kappa shape index (κ1) is 15.0. The summed E-state index contributed by atoms with van der Waals surface area (Å²) in [4.78, 5) is 17.6. The van der Waals surface area contributed by atoms with E-state index in [9.17, 15) is 4.79 Å². The minimum absolute atomic E-state index is 0.279. The molecule has 22 heavy (non-hydrogen) atoms. The van der Waals surface area contributed by atoms with E-state index in [0.717, 1.165) is 10.6 Å². The summed E-state index contributed by atoms with van der Waals surface area (Å²) in [5.74, 6) is -0.0307. The lowest BCUT2D eigenvalue weighted by Gasteiger charge is -2.00. The molecule has 114 valence electrons. The second kappa shape index (κ2) is 6.07. The second-order valence-corrected chi connectivity index (χ2v) is 6.89. The van der Waals surface area contributed by atoms with Gasteiger partial charge in [-0.25, -0.2) is 4.98 Å². The molecule has 0 spiro atoms. The van der Waals surface area contributed by atoms with Crippen LogP contribution in [0.4, 0.5) is 5.13 Å². The maximum absolute atomic E-state index is 12.3. The van der Waals surface area contributed by atoms with Crippen LogP contribution in [0, 0.1) is 0 Å². The lowest BCUT2D eigenvalue weighted by atomic mass is 10.3. The number of carbonyl (C=O) groups is 1. The Balaban J connectivity index is 1.78. The van der Waals surface area contributed by atoms with E-state index in [0.29, 0.717) is 15.0 Å². The van der Waals surface area contributed by atoms with Crippen molar-refractivity contribution < 1.29 is 9.53 Å². The number of methoxy groups -OCH3 is 1. The summed E-state index contributed by atoms with van der Waals surface area (Å²) >= 11 is 8.71. The van der Waals surface area contributed by atoms with Gasteiger partial charge in [0.2, 0.25) is 5.88 Å². The molecule has 3 aromatic heterocycles. The van der Waals surface area contributed by atoms with Gasteiger partial charge in [0, 0.05) is 18.6 Å². The standard InChI is InChI=1S/C13H11ClN4O2S2/c1-18-5-7(12(17-18)20-2)11(19)16-13-15-8(6-21-13)9-3-4-10(14)22-9/h3-6H,1-2H3,(H,15,16,19). The molecule has 9 heteroatoms. The monoisotopic (exact) mass is 354 g/mol. The fourth-order valence-electron chi connectivity index (χ4n) is 1.84. The van der Waals surface area contributed by atoms with Crippen LogP contribution in [0.3, 0.4) is 0 Å². The van der Waals surface area contributed by atoms with Gasteiger partial charge in [0.05, 0.1) is 22.0 Å². The maximum atomic E-state index is 12.3. The summed E-state index contributed by atoms with van der Waals surface area (Å²) < 4.78 is 7.30. The van der Waals surface area contributed by atoms with Crippen molar-refractivity contribution in [1.29, 1.82) is 0 Å². The van der Waals surface area contributed by atoms with Gasteiger partial charge in [-0.3, -0.25) is 14.8 Å². The van der Waals surface area contributed by atoms with E-state index < -0.39 is 0 Å². The number of thiazole rings is 1. The van der Waals surface area contributed by atoms with Crippen LogP contribution in [0.15, 0.2) is 23.7 Å². The summed E-state index contributed by atoms with van der Waals surface area (Å²) in [5, 5.41) is 9.18. The predicted molar refractivity (Wildman–Crippen MR) is 88.2 cm³/mol. The number of hydrogen-bond donors (Lipinski definition) is 1. The van der Waals surface area contributed by atoms with Crippen LogP contribution in [-0.4, -0.2) is 27.8 Å². The molecule has 3 heterocycles. The third-order valence-corrected chi connectivity index (χ3v) is 4.79. The molecule has 0 aliphatic rings. The van der Waals surface area contributed by atoms with Crippen molar-refractivity contribution in [3.8, 4) is 16.5 Å². The fraction of sp³-hybridized carbons (Fsp3) is 0.154. The number of halogens is 1. The number of amides is 1. The summed E-state index contributed by atoms with van der Waals surface area (Å²) in [6, 6.07) is 3.72. The van der Waals surface area contributed by atoms with Crippen molar-refractivity contribution >= 4 is 45.3 Å². The van der Waals surface area contributed by atoms with Crippen LogP contribution in [0.1, 0.15) is 10.4 Å². The molecule has 0 fully saturated rings. The highest BCUT2D eigenvalue weighted by Crippen LogP contribution is 2.33. The van der Waals surface area contributed by atoms with Gasteiger partial charge in [-0.1, -0.05) is 11.6 Å². The zero-order chi connectivity index (χ0) is 15.7. The summed E-state index contributed by atoms with van der Waals surface area (Å²) in [7, 11) is 3.20. The van der Waals surface area contributed by atoms with E-state index >= 15 is 0 Å². The van der Waals surface area contributed by atoms with E-state index in [1.165, 1.54) is 34.5 Å². The summed E-state index contributed by atoms with van der Waals surface area (Å²) in [6.07, 6.45) is 1.60. The van der Waals surface area contributed by atoms with Crippen LogP contribution in [-0.2, 0) is 7.05 Å². The number of rotatable bonds is 4. The van der Waals surface area contributed by atoms with Crippen molar-refractivity contribution in [2.75, 3.05) is 12.4 Å². The van der Waals surface area contributed by atoms with Crippen molar-refractivity contribution in [2.24, 2.45) is 7.05 Å². The third-order valence-electron chi connectivity index (χ3n) is 2.78. The van der Waals surface area contributed by atoms with Crippen LogP contribution in [0.25, 0.3) is 10.6 Å². The highest BCUT2D eigenvalue weighted by Gasteiger charge is 2.18. The Kier molecular flexibility index (Phi) is 4.14. The van der Waals surface area contributed by atoms with Crippen molar-refractivity contribution in [3.63, 3.8) is 0 Å². The molecule has 0 saturated carbocycles. The smallest absolute Gasteiger partial charge is 0.264 e. The highest BCUT2D eigenvalue weighted by atomic mass is 35.5. The van der Waals surface area contributed by atoms with Crippen molar-refractivity contribution in [2.45, 2.75) is 0 Å². The van der Waals surface area contributed by atoms with E-state index in [4.69, 9.17) is 16.3 Å². The Morgan fingerprint density at radius 3 is 2.95 bits per heavy atom. The molecule has 3 aromatic rings. The van der Waals surface area contributed by atoms with Crippen molar-refractivity contribution in [1.82, 2.24) is 14.8 Å². The number of anilines is 1. The number of nitrogens with zero attached hydrogens (tertiary/aromatic N) is 3. The van der Waals surface area contributed by atoms with Gasteiger partial charge in [-0.2, -0.15) is 0 Å². The number of aromatic nitrogens is 3. The lowest BCUT2D eigenvalue weighted by Crippen LogP contribution is -2.12. The molecule has 1 amide bonds. The molecule has 0 atom stereocenters. The van der Waals surface area contributed by atoms with Gasteiger partial charge in [0.15, 0.2) is 5.13 Å². The normalized spacial score (nSPS) is 10.7. The van der Waals surface area contributed by atoms with E-state index in [1.807, 2.05) is 17.5 Å². The average molecular weight is 355 g/mol. The van der Waals surface area contributed by atoms with Gasteiger partial charge < -0.3 is 4.74 Å². The molecule has 0 aromatic carbocycles. The van der Waals surface area contributed by atoms with Crippen LogP contribution >= 0.6 is 34.3 Å². The first-order valence-electron chi connectivity index (χ1n) is 6.17. The molecule has 0 saturated heterocycles. The fourth-order valence-corrected chi connectivity index (χ4v) is 3.62. The minimum Gasteiger partial charge on any atom is -0.479 e. The number of thiophene rings is 1. The minimum atomic E-state index is -0.310. The molecule has 0 aliphatic heterocycles. The first-order chi connectivity index (χ1) is 10.6. The third kappa shape index (κ3) is 2.99. The van der Waals surface area contributed by atoms with E-state index in [1.54, 1.807) is 13.2 Å². The molecule has 0 aliphatic carbocycles. The quantitative estimate of drug-likeness (QED) is 0.778. The zero-order valence-electron chi connectivity index (χ0n) is 11.7. The SMILES string of the molecule is COc1nn(C)cc1C(=O)Nc1nc(-c2ccc(Cl)s2)cs1. The first-order valence-corrected chi connectivity index (χ1v) is 8.24. The number of ether oxygens (including phenoxy) is 1. The molecule has 3 rings (SSSR count). The Labute approximate surface area is 139 Å². The molecule has 0 bridgehead atoms. The zero-order valence-corrected chi connectivity index (χ0v) is 14.1. The highest BCUT2D eigenvalue weighted by molar-refractivity contribution is 7.20. The van der Waals surface area contributed by atoms with Gasteiger partial charge in [-0.15, -0.1) is 27.8 Å². The second-order valence-electron chi connectivity index (χ2n) is 4.32. The molecule has 6 nitrogen and oxygen atoms in total. The molecular weight excluding hydrogens is 344 g/mol. The largest absolute Gasteiger partial charge is 0.479 e. The van der Waals surface area contributed by atoms with Crippen molar-refractivity contribution in [3.05, 3.63) is 33.6 Å². The Hall–Kier alpha value is -1.90. The van der Waals surface area contributed by atoms with Gasteiger partial charge in [-0.05, 0) is 12.1 Å². The average Bonchev–Trinajstić information content (AvgIpc) is 3.18. The number of carbonyl (C=O) groups excluding carboxylic acids is 1. The summed E-state index contributed by atoms with van der Waals surface area (Å²) in [5.41, 5.74) is 1.15. The Morgan fingerprint density at radius 1 is 1.45 bits per heavy atom. The topological polar surface area (TPSA) is 69.0 Å². The van der Waals surface area contributed by atoms with Crippen LogP contribution in [0.5, 0.6) is 5.88 Å². The van der Waals surface area contributed by atoms with Gasteiger partial charge in [0.1, 0.15) is 5.56 Å². The Morgan fingerprint density at radius 2 is 2.27 bits per heavy atom. The number of nitrogens with one attached hydrogen (secondary N) is 1. The van der Waals surface area contributed by atoms with E-state index in [-0.39, 0.29) is 11.8 Å². The van der Waals surface area contributed by atoms with Gasteiger partial charge >= 0.3 is 0 Å². The summed E-state index contributed by atoms with van der Waals surface area (Å²) in [6.45, 7) is 0. The molecule has 1 N–H and O–H groups in total.